The van der Waals surface area contributed by atoms with E-state index in [1.807, 2.05) is 6.20 Å². The Kier molecular flexibility index (Phi) is 4.41. The van der Waals surface area contributed by atoms with E-state index >= 15 is 0 Å². The van der Waals surface area contributed by atoms with Crippen molar-refractivity contribution in [1.82, 2.24) is 25.1 Å². The minimum atomic E-state index is 0.749. The van der Waals surface area contributed by atoms with Crippen molar-refractivity contribution in [2.75, 3.05) is 37.6 Å². The van der Waals surface area contributed by atoms with Gasteiger partial charge in [-0.15, -0.1) is 0 Å². The molecule has 23 heavy (non-hydrogen) atoms. The molecule has 0 bridgehead atoms. The third kappa shape index (κ3) is 3.32. The van der Waals surface area contributed by atoms with Crippen molar-refractivity contribution < 1.29 is 0 Å². The van der Waals surface area contributed by atoms with E-state index in [9.17, 15) is 0 Å². The van der Waals surface area contributed by atoms with E-state index in [0.29, 0.717) is 0 Å². The summed E-state index contributed by atoms with van der Waals surface area (Å²) >= 11 is 0. The zero-order valence-electron chi connectivity index (χ0n) is 13.7. The summed E-state index contributed by atoms with van der Waals surface area (Å²) in [5, 5.41) is 8.11. The van der Waals surface area contributed by atoms with E-state index < -0.39 is 0 Å². The second-order valence-electron chi connectivity index (χ2n) is 7.00. The maximum absolute atomic E-state index is 4.54. The van der Waals surface area contributed by atoms with Crippen LogP contribution in [0.15, 0.2) is 12.5 Å². The number of hydrogen-bond donors (Lipinski definition) is 1. The van der Waals surface area contributed by atoms with Crippen molar-refractivity contribution in [2.24, 2.45) is 5.92 Å². The number of likely N-dealkylation sites (tertiary alicyclic amines) is 1. The van der Waals surface area contributed by atoms with Crippen LogP contribution in [0.4, 0.5) is 5.82 Å². The number of rotatable bonds is 3. The molecule has 124 valence electrons. The van der Waals surface area contributed by atoms with Gasteiger partial charge in [-0.25, -0.2) is 9.97 Å². The number of anilines is 1. The number of nitrogens with zero attached hydrogens (tertiary/aromatic N) is 5. The Balaban J connectivity index is 1.45. The van der Waals surface area contributed by atoms with E-state index in [4.69, 9.17) is 0 Å². The Morgan fingerprint density at radius 3 is 2.78 bits per heavy atom. The number of fused-ring (bicyclic) bond motifs is 1. The van der Waals surface area contributed by atoms with Crippen LogP contribution >= 0.6 is 0 Å². The van der Waals surface area contributed by atoms with Gasteiger partial charge in [-0.3, -0.25) is 5.10 Å². The van der Waals surface area contributed by atoms with Crippen molar-refractivity contribution in [3.63, 3.8) is 0 Å². The average molecular weight is 314 g/mol. The monoisotopic (exact) mass is 314 g/mol. The molecule has 2 saturated heterocycles. The lowest BCUT2D eigenvalue weighted by Crippen LogP contribution is -2.41. The third-order valence-electron chi connectivity index (χ3n) is 5.26. The molecule has 4 rings (SSSR count). The molecular weight excluding hydrogens is 288 g/mol. The van der Waals surface area contributed by atoms with Crippen LogP contribution in [0.5, 0.6) is 0 Å². The van der Waals surface area contributed by atoms with Gasteiger partial charge >= 0.3 is 0 Å². The zero-order chi connectivity index (χ0) is 15.5. The van der Waals surface area contributed by atoms with Crippen molar-refractivity contribution >= 4 is 16.9 Å². The minimum Gasteiger partial charge on any atom is -0.356 e. The highest BCUT2D eigenvalue weighted by atomic mass is 15.2. The van der Waals surface area contributed by atoms with Crippen LogP contribution in [0.1, 0.15) is 38.5 Å². The molecule has 1 atom stereocenters. The molecule has 4 heterocycles. The highest BCUT2D eigenvalue weighted by molar-refractivity contribution is 5.86. The molecule has 6 heteroatoms. The lowest BCUT2D eigenvalue weighted by atomic mass is 9.97. The zero-order valence-corrected chi connectivity index (χ0v) is 13.7. The van der Waals surface area contributed by atoms with Gasteiger partial charge in [0.05, 0.1) is 11.6 Å². The molecule has 0 saturated carbocycles. The van der Waals surface area contributed by atoms with E-state index in [1.54, 1.807) is 6.33 Å². The van der Waals surface area contributed by atoms with Crippen LogP contribution in [-0.4, -0.2) is 57.8 Å². The first-order chi connectivity index (χ1) is 11.4. The summed E-state index contributed by atoms with van der Waals surface area (Å²) in [5.74, 6) is 1.79. The van der Waals surface area contributed by atoms with Gasteiger partial charge in [0.2, 0.25) is 0 Å². The van der Waals surface area contributed by atoms with E-state index in [-0.39, 0.29) is 0 Å². The van der Waals surface area contributed by atoms with Gasteiger partial charge in [0.1, 0.15) is 12.1 Å². The average Bonchev–Trinajstić information content (AvgIpc) is 2.92. The standard InChI is InChI=1S/C17H26N6/c1-2-4-8-22(7-3-1)11-14-6-5-9-23(12-14)17-15-10-20-21-16(15)18-13-19-17/h10,13-14H,1-9,11-12H2,(H,18,19,20,21)/t14-/m0/s1. The predicted molar refractivity (Wildman–Crippen MR) is 91.5 cm³/mol. The first-order valence-electron chi connectivity index (χ1n) is 9.01. The second-order valence-corrected chi connectivity index (χ2v) is 7.00. The van der Waals surface area contributed by atoms with Crippen LogP contribution in [-0.2, 0) is 0 Å². The Bertz CT molecular complexity index is 631. The molecule has 2 aromatic rings. The molecule has 2 fully saturated rings. The largest absolute Gasteiger partial charge is 0.356 e. The molecule has 0 spiro atoms. The molecule has 0 aliphatic carbocycles. The Morgan fingerprint density at radius 2 is 1.91 bits per heavy atom. The van der Waals surface area contributed by atoms with Crippen LogP contribution in [0.2, 0.25) is 0 Å². The van der Waals surface area contributed by atoms with Crippen molar-refractivity contribution in [2.45, 2.75) is 38.5 Å². The lowest BCUT2D eigenvalue weighted by Gasteiger charge is -2.36. The summed E-state index contributed by atoms with van der Waals surface area (Å²) in [6.07, 6.45) is 11.7. The molecule has 6 nitrogen and oxygen atoms in total. The maximum Gasteiger partial charge on any atom is 0.160 e. The second kappa shape index (κ2) is 6.83. The highest BCUT2D eigenvalue weighted by Gasteiger charge is 2.24. The molecule has 0 unspecified atom stereocenters. The Morgan fingerprint density at radius 1 is 1.04 bits per heavy atom. The highest BCUT2D eigenvalue weighted by Crippen LogP contribution is 2.27. The van der Waals surface area contributed by atoms with E-state index in [2.05, 4.69) is 30.0 Å². The fraction of sp³-hybridized carbons (Fsp3) is 0.706. The van der Waals surface area contributed by atoms with Gasteiger partial charge < -0.3 is 9.80 Å². The summed E-state index contributed by atoms with van der Waals surface area (Å²) < 4.78 is 0. The Labute approximate surface area is 137 Å². The van der Waals surface area contributed by atoms with Gasteiger partial charge in [-0.05, 0) is 44.7 Å². The van der Waals surface area contributed by atoms with Crippen molar-refractivity contribution in [1.29, 1.82) is 0 Å². The van der Waals surface area contributed by atoms with Crippen molar-refractivity contribution in [3.8, 4) is 0 Å². The molecule has 2 aromatic heterocycles. The van der Waals surface area contributed by atoms with Crippen LogP contribution < -0.4 is 4.90 Å². The lowest BCUT2D eigenvalue weighted by molar-refractivity contribution is 0.222. The van der Waals surface area contributed by atoms with E-state index in [1.165, 1.54) is 58.2 Å². The first kappa shape index (κ1) is 14.9. The summed E-state index contributed by atoms with van der Waals surface area (Å²) in [5.41, 5.74) is 0.838. The third-order valence-corrected chi connectivity index (χ3v) is 5.26. The molecule has 2 aliphatic heterocycles. The normalized spacial score (nSPS) is 24.0. The SMILES string of the molecule is c1nc(N2CCC[C@@H](CN3CCCCCC3)C2)c2cn[nH]c2n1. The number of nitrogens with one attached hydrogen (secondary N) is 1. The van der Waals surface area contributed by atoms with Crippen LogP contribution in [0.25, 0.3) is 11.0 Å². The predicted octanol–water partition coefficient (Wildman–Crippen LogP) is 2.45. The minimum absolute atomic E-state index is 0.749. The van der Waals surface area contributed by atoms with Gasteiger partial charge in [-0.1, -0.05) is 12.8 Å². The molecule has 0 aromatic carbocycles. The first-order valence-corrected chi connectivity index (χ1v) is 9.01. The van der Waals surface area contributed by atoms with Crippen LogP contribution in [0.3, 0.4) is 0 Å². The fourth-order valence-corrected chi connectivity index (χ4v) is 4.09. The van der Waals surface area contributed by atoms with Crippen molar-refractivity contribution in [3.05, 3.63) is 12.5 Å². The molecule has 0 amide bonds. The smallest absolute Gasteiger partial charge is 0.160 e. The quantitative estimate of drug-likeness (QED) is 0.943. The summed E-state index contributed by atoms with van der Waals surface area (Å²) in [6.45, 7) is 6.02. The summed E-state index contributed by atoms with van der Waals surface area (Å²) in [7, 11) is 0. The van der Waals surface area contributed by atoms with Gasteiger partial charge in [0.25, 0.3) is 0 Å². The van der Waals surface area contributed by atoms with Crippen LogP contribution in [0, 0.1) is 5.92 Å². The van der Waals surface area contributed by atoms with E-state index in [0.717, 1.165) is 35.9 Å². The van der Waals surface area contributed by atoms with Gasteiger partial charge in [0, 0.05) is 19.6 Å². The number of piperidine rings is 1. The molecule has 0 radical (unpaired) electrons. The number of aromatic nitrogens is 4. The number of hydrogen-bond acceptors (Lipinski definition) is 5. The topological polar surface area (TPSA) is 60.9 Å². The summed E-state index contributed by atoms with van der Waals surface area (Å²) in [4.78, 5) is 13.9. The summed E-state index contributed by atoms with van der Waals surface area (Å²) in [6, 6.07) is 0. The molecule has 2 aliphatic rings. The molecule has 1 N–H and O–H groups in total. The van der Waals surface area contributed by atoms with Gasteiger partial charge in [0.15, 0.2) is 5.65 Å². The Hall–Kier alpha value is -1.69. The number of aromatic amines is 1. The number of H-pyrrole nitrogens is 1. The maximum atomic E-state index is 4.54. The van der Waals surface area contributed by atoms with Gasteiger partial charge in [-0.2, -0.15) is 5.10 Å². The fourth-order valence-electron chi connectivity index (χ4n) is 4.09. The molecular formula is C17H26N6.